The zero-order valence-corrected chi connectivity index (χ0v) is 6.96. The van der Waals surface area contributed by atoms with Crippen molar-refractivity contribution in [1.82, 2.24) is 5.32 Å². The quantitative estimate of drug-likeness (QED) is 0.535. The standard InChI is InChI=1S/C7H15NO3/c1-3-11-7(10)5-8-4-6(2)9/h6,8-9H,3-5H2,1-2H3/t6-/m0/s1. The Hall–Kier alpha value is -0.610. The Balaban J connectivity index is 3.17. The van der Waals surface area contributed by atoms with E-state index in [2.05, 4.69) is 10.1 Å². The number of carbonyl (C=O) groups excluding carboxylic acids is 1. The van der Waals surface area contributed by atoms with Gasteiger partial charge in [-0.25, -0.2) is 0 Å². The van der Waals surface area contributed by atoms with E-state index in [1.54, 1.807) is 13.8 Å². The Kier molecular flexibility index (Phi) is 5.78. The molecule has 0 heterocycles. The zero-order valence-electron chi connectivity index (χ0n) is 6.96. The van der Waals surface area contributed by atoms with E-state index in [1.807, 2.05) is 0 Å². The highest BCUT2D eigenvalue weighted by Crippen LogP contribution is 1.77. The molecule has 4 nitrogen and oxygen atoms in total. The number of esters is 1. The molecule has 11 heavy (non-hydrogen) atoms. The Morgan fingerprint density at radius 1 is 1.73 bits per heavy atom. The lowest BCUT2D eigenvalue weighted by atomic mass is 10.4. The molecule has 0 aromatic heterocycles. The fourth-order valence-corrected chi connectivity index (χ4v) is 0.595. The lowest BCUT2D eigenvalue weighted by Gasteiger charge is -2.05. The fraction of sp³-hybridized carbons (Fsp3) is 0.857. The summed E-state index contributed by atoms with van der Waals surface area (Å²) in [6, 6.07) is 0. The van der Waals surface area contributed by atoms with E-state index in [9.17, 15) is 4.79 Å². The van der Waals surface area contributed by atoms with E-state index in [4.69, 9.17) is 5.11 Å². The van der Waals surface area contributed by atoms with Crippen LogP contribution in [0.3, 0.4) is 0 Å². The van der Waals surface area contributed by atoms with Gasteiger partial charge >= 0.3 is 5.97 Å². The summed E-state index contributed by atoms with van der Waals surface area (Å²) < 4.78 is 4.64. The average molecular weight is 161 g/mol. The summed E-state index contributed by atoms with van der Waals surface area (Å²) in [6.45, 7) is 4.39. The van der Waals surface area contributed by atoms with Crippen molar-refractivity contribution in [3.05, 3.63) is 0 Å². The fourth-order valence-electron chi connectivity index (χ4n) is 0.595. The van der Waals surface area contributed by atoms with Crippen molar-refractivity contribution in [2.45, 2.75) is 20.0 Å². The first kappa shape index (κ1) is 10.4. The van der Waals surface area contributed by atoms with E-state index < -0.39 is 6.10 Å². The van der Waals surface area contributed by atoms with Crippen molar-refractivity contribution in [1.29, 1.82) is 0 Å². The van der Waals surface area contributed by atoms with Crippen molar-refractivity contribution >= 4 is 5.97 Å². The molecule has 0 unspecified atom stereocenters. The van der Waals surface area contributed by atoms with Crippen LogP contribution in [0.25, 0.3) is 0 Å². The van der Waals surface area contributed by atoms with E-state index in [-0.39, 0.29) is 12.5 Å². The molecule has 0 radical (unpaired) electrons. The number of ether oxygens (including phenoxy) is 1. The van der Waals surface area contributed by atoms with Crippen LogP contribution >= 0.6 is 0 Å². The second kappa shape index (κ2) is 6.12. The summed E-state index contributed by atoms with van der Waals surface area (Å²) in [5.74, 6) is -0.284. The highest BCUT2D eigenvalue weighted by atomic mass is 16.5. The van der Waals surface area contributed by atoms with Gasteiger partial charge in [-0.15, -0.1) is 0 Å². The topological polar surface area (TPSA) is 58.6 Å². The van der Waals surface area contributed by atoms with Gasteiger partial charge in [0.1, 0.15) is 0 Å². The summed E-state index contributed by atoms with van der Waals surface area (Å²) in [6.07, 6.45) is -0.426. The predicted molar refractivity (Wildman–Crippen MR) is 41.2 cm³/mol. The Bertz CT molecular complexity index is 114. The summed E-state index contributed by atoms with van der Waals surface area (Å²) in [7, 11) is 0. The van der Waals surface area contributed by atoms with Crippen LogP contribution in [0, 0.1) is 0 Å². The van der Waals surface area contributed by atoms with Gasteiger partial charge < -0.3 is 15.2 Å². The van der Waals surface area contributed by atoms with E-state index in [0.29, 0.717) is 13.2 Å². The molecule has 0 bridgehead atoms. The number of aliphatic hydroxyl groups excluding tert-OH is 1. The molecule has 0 aliphatic rings. The lowest BCUT2D eigenvalue weighted by molar-refractivity contribution is -0.142. The number of hydrogen-bond acceptors (Lipinski definition) is 4. The number of rotatable bonds is 5. The van der Waals surface area contributed by atoms with Crippen LogP contribution in [0.4, 0.5) is 0 Å². The molecule has 0 aromatic rings. The molecule has 0 aliphatic carbocycles. The van der Waals surface area contributed by atoms with Crippen LogP contribution < -0.4 is 5.32 Å². The molecule has 0 spiro atoms. The molecule has 0 rings (SSSR count). The van der Waals surface area contributed by atoms with E-state index in [1.165, 1.54) is 0 Å². The van der Waals surface area contributed by atoms with Crippen LogP contribution in [0.1, 0.15) is 13.8 Å². The van der Waals surface area contributed by atoms with Gasteiger partial charge in [0, 0.05) is 6.54 Å². The molecule has 0 saturated heterocycles. The first-order chi connectivity index (χ1) is 5.16. The third-order valence-corrected chi connectivity index (χ3v) is 1.01. The summed E-state index contributed by atoms with van der Waals surface area (Å²) in [4.78, 5) is 10.7. The van der Waals surface area contributed by atoms with Gasteiger partial charge in [0.2, 0.25) is 0 Å². The smallest absolute Gasteiger partial charge is 0.319 e. The maximum absolute atomic E-state index is 10.7. The molecule has 0 aliphatic heterocycles. The minimum atomic E-state index is -0.426. The van der Waals surface area contributed by atoms with Gasteiger partial charge in [-0.3, -0.25) is 4.79 Å². The van der Waals surface area contributed by atoms with Gasteiger partial charge in [0.05, 0.1) is 19.3 Å². The predicted octanol–water partition coefficient (Wildman–Crippen LogP) is -0.480. The SMILES string of the molecule is CCOC(=O)CNC[C@H](C)O. The number of nitrogens with one attached hydrogen (secondary N) is 1. The minimum absolute atomic E-state index is 0.165. The van der Waals surface area contributed by atoms with Crippen LogP contribution in [0.5, 0.6) is 0 Å². The third-order valence-electron chi connectivity index (χ3n) is 1.01. The van der Waals surface area contributed by atoms with Gasteiger partial charge in [0.25, 0.3) is 0 Å². The normalized spacial score (nSPS) is 12.6. The Labute approximate surface area is 66.5 Å². The molecule has 0 amide bonds. The first-order valence-corrected chi connectivity index (χ1v) is 3.71. The molecular formula is C7H15NO3. The number of carbonyl (C=O) groups is 1. The van der Waals surface area contributed by atoms with Crippen LogP contribution in [-0.2, 0) is 9.53 Å². The molecule has 0 saturated carbocycles. The second-order valence-corrected chi connectivity index (χ2v) is 2.28. The van der Waals surface area contributed by atoms with Gasteiger partial charge in [-0.05, 0) is 13.8 Å². The number of hydrogen-bond donors (Lipinski definition) is 2. The van der Waals surface area contributed by atoms with Crippen LogP contribution in [0.2, 0.25) is 0 Å². The van der Waals surface area contributed by atoms with Gasteiger partial charge in [-0.1, -0.05) is 0 Å². The molecule has 1 atom stereocenters. The van der Waals surface area contributed by atoms with Gasteiger partial charge in [-0.2, -0.15) is 0 Å². The highest BCUT2D eigenvalue weighted by molar-refractivity contribution is 5.71. The van der Waals surface area contributed by atoms with Crippen molar-refractivity contribution in [3.8, 4) is 0 Å². The Morgan fingerprint density at radius 2 is 2.36 bits per heavy atom. The maximum atomic E-state index is 10.7. The monoisotopic (exact) mass is 161 g/mol. The van der Waals surface area contributed by atoms with E-state index in [0.717, 1.165) is 0 Å². The van der Waals surface area contributed by atoms with Crippen molar-refractivity contribution < 1.29 is 14.6 Å². The van der Waals surface area contributed by atoms with Gasteiger partial charge in [0.15, 0.2) is 0 Å². The first-order valence-electron chi connectivity index (χ1n) is 3.71. The van der Waals surface area contributed by atoms with Crippen LogP contribution in [0.15, 0.2) is 0 Å². The highest BCUT2D eigenvalue weighted by Gasteiger charge is 2.00. The van der Waals surface area contributed by atoms with E-state index >= 15 is 0 Å². The molecule has 2 N–H and O–H groups in total. The molecule has 0 aromatic carbocycles. The molecule has 0 fully saturated rings. The zero-order chi connectivity index (χ0) is 8.69. The molecular weight excluding hydrogens is 146 g/mol. The maximum Gasteiger partial charge on any atom is 0.319 e. The average Bonchev–Trinajstić information content (AvgIpc) is 1.87. The van der Waals surface area contributed by atoms with Crippen molar-refractivity contribution in [2.75, 3.05) is 19.7 Å². The second-order valence-electron chi connectivity index (χ2n) is 2.28. The van der Waals surface area contributed by atoms with Crippen molar-refractivity contribution in [2.24, 2.45) is 0 Å². The third kappa shape index (κ3) is 7.29. The molecule has 66 valence electrons. The minimum Gasteiger partial charge on any atom is -0.465 e. The Morgan fingerprint density at radius 3 is 2.82 bits per heavy atom. The number of aliphatic hydroxyl groups is 1. The largest absolute Gasteiger partial charge is 0.465 e. The van der Waals surface area contributed by atoms with Crippen molar-refractivity contribution in [3.63, 3.8) is 0 Å². The molecule has 4 heteroatoms. The summed E-state index contributed by atoms with van der Waals surface area (Å²) in [5, 5.41) is 11.5. The summed E-state index contributed by atoms with van der Waals surface area (Å²) >= 11 is 0. The van der Waals surface area contributed by atoms with Crippen LogP contribution in [-0.4, -0.2) is 36.9 Å². The lowest BCUT2D eigenvalue weighted by Crippen LogP contribution is -2.30. The summed E-state index contributed by atoms with van der Waals surface area (Å²) in [5.41, 5.74) is 0.